The molecule has 0 atom stereocenters. The SMILES string of the molecule is CCCNCC(CCC)(CCC)c1ccc(C)cc1. The second kappa shape index (κ2) is 8.37. The molecule has 0 fully saturated rings. The molecule has 1 heteroatoms. The standard InChI is InChI=1S/C18H31N/c1-5-12-18(13-6-2,15-19-14-7-3)17-10-8-16(4)9-11-17/h8-11,19H,5-7,12-15H2,1-4H3. The quantitative estimate of drug-likeness (QED) is 0.628. The molecule has 1 rings (SSSR count). The Labute approximate surface area is 119 Å². The van der Waals surface area contributed by atoms with Crippen molar-refractivity contribution in [1.29, 1.82) is 0 Å². The first-order chi connectivity index (χ1) is 9.18. The Kier molecular flexibility index (Phi) is 7.15. The van der Waals surface area contributed by atoms with E-state index < -0.39 is 0 Å². The molecule has 1 aromatic carbocycles. The molecule has 108 valence electrons. The summed E-state index contributed by atoms with van der Waals surface area (Å²) >= 11 is 0. The van der Waals surface area contributed by atoms with Gasteiger partial charge in [0.05, 0.1) is 0 Å². The molecule has 1 nitrogen and oxygen atoms in total. The summed E-state index contributed by atoms with van der Waals surface area (Å²) in [5, 5.41) is 3.66. The van der Waals surface area contributed by atoms with Crippen molar-refractivity contribution in [2.75, 3.05) is 13.1 Å². The lowest BCUT2D eigenvalue weighted by atomic mass is 9.73. The van der Waals surface area contributed by atoms with Crippen molar-refractivity contribution < 1.29 is 0 Å². The molecule has 0 radical (unpaired) electrons. The van der Waals surface area contributed by atoms with Gasteiger partial charge >= 0.3 is 0 Å². The fraction of sp³-hybridized carbons (Fsp3) is 0.667. The van der Waals surface area contributed by atoms with Crippen molar-refractivity contribution in [2.24, 2.45) is 0 Å². The molecular formula is C18H31N. The first kappa shape index (κ1) is 16.2. The van der Waals surface area contributed by atoms with Gasteiger partial charge in [-0.15, -0.1) is 0 Å². The van der Waals surface area contributed by atoms with Gasteiger partial charge in [-0.05, 0) is 38.3 Å². The van der Waals surface area contributed by atoms with Gasteiger partial charge in [0.15, 0.2) is 0 Å². The maximum atomic E-state index is 3.66. The van der Waals surface area contributed by atoms with Crippen molar-refractivity contribution in [3.63, 3.8) is 0 Å². The molecule has 0 saturated carbocycles. The average Bonchev–Trinajstić information content (AvgIpc) is 2.40. The highest BCUT2D eigenvalue weighted by atomic mass is 14.9. The van der Waals surface area contributed by atoms with E-state index in [4.69, 9.17) is 0 Å². The Morgan fingerprint density at radius 3 is 1.95 bits per heavy atom. The van der Waals surface area contributed by atoms with Gasteiger partial charge in [-0.2, -0.15) is 0 Å². The Morgan fingerprint density at radius 2 is 1.47 bits per heavy atom. The maximum Gasteiger partial charge on any atom is 0.00775 e. The first-order valence-corrected chi connectivity index (χ1v) is 7.96. The van der Waals surface area contributed by atoms with E-state index in [2.05, 4.69) is 57.3 Å². The van der Waals surface area contributed by atoms with Crippen LogP contribution in [0.2, 0.25) is 0 Å². The van der Waals surface area contributed by atoms with Crippen LogP contribution < -0.4 is 5.32 Å². The molecule has 19 heavy (non-hydrogen) atoms. The van der Waals surface area contributed by atoms with Gasteiger partial charge in [0.2, 0.25) is 0 Å². The van der Waals surface area contributed by atoms with E-state index in [1.807, 2.05) is 0 Å². The van der Waals surface area contributed by atoms with Crippen LogP contribution >= 0.6 is 0 Å². The van der Waals surface area contributed by atoms with E-state index in [0.29, 0.717) is 5.41 Å². The number of benzene rings is 1. The molecule has 0 bridgehead atoms. The lowest BCUT2D eigenvalue weighted by Gasteiger charge is -2.35. The van der Waals surface area contributed by atoms with Crippen LogP contribution in [0.15, 0.2) is 24.3 Å². The summed E-state index contributed by atoms with van der Waals surface area (Å²) in [5.74, 6) is 0. The summed E-state index contributed by atoms with van der Waals surface area (Å²) in [6, 6.07) is 9.20. The van der Waals surface area contributed by atoms with E-state index >= 15 is 0 Å². The molecule has 0 aliphatic carbocycles. The third kappa shape index (κ3) is 4.65. The van der Waals surface area contributed by atoms with Crippen molar-refractivity contribution in [1.82, 2.24) is 5.32 Å². The molecule has 0 amide bonds. The van der Waals surface area contributed by atoms with Crippen LogP contribution in [0.3, 0.4) is 0 Å². The Balaban J connectivity index is 2.95. The molecule has 0 heterocycles. The molecule has 0 aromatic heterocycles. The van der Waals surface area contributed by atoms with E-state index in [-0.39, 0.29) is 0 Å². The second-order valence-corrected chi connectivity index (χ2v) is 5.82. The van der Waals surface area contributed by atoms with Gasteiger partial charge in [0.25, 0.3) is 0 Å². The minimum Gasteiger partial charge on any atom is -0.316 e. The maximum absolute atomic E-state index is 3.66. The van der Waals surface area contributed by atoms with Crippen molar-refractivity contribution in [3.8, 4) is 0 Å². The number of hydrogen-bond donors (Lipinski definition) is 1. The Morgan fingerprint density at radius 1 is 0.895 bits per heavy atom. The van der Waals surface area contributed by atoms with Crippen LogP contribution in [0.5, 0.6) is 0 Å². The Hall–Kier alpha value is -0.820. The van der Waals surface area contributed by atoms with E-state index in [1.54, 1.807) is 0 Å². The summed E-state index contributed by atoms with van der Waals surface area (Å²) in [5.41, 5.74) is 3.20. The van der Waals surface area contributed by atoms with Crippen LogP contribution in [0.1, 0.15) is 64.0 Å². The lowest BCUT2D eigenvalue weighted by Crippen LogP contribution is -2.38. The fourth-order valence-corrected chi connectivity index (χ4v) is 3.06. The number of nitrogens with one attached hydrogen (secondary N) is 1. The predicted octanol–water partition coefficient (Wildman–Crippen LogP) is 4.83. The largest absolute Gasteiger partial charge is 0.316 e. The highest BCUT2D eigenvalue weighted by Crippen LogP contribution is 2.34. The zero-order chi connectivity index (χ0) is 14.1. The Bertz CT molecular complexity index is 333. The number of rotatable bonds is 9. The summed E-state index contributed by atoms with van der Waals surface area (Å²) in [4.78, 5) is 0. The van der Waals surface area contributed by atoms with Gasteiger partial charge < -0.3 is 5.32 Å². The monoisotopic (exact) mass is 261 g/mol. The highest BCUT2D eigenvalue weighted by molar-refractivity contribution is 5.29. The molecule has 0 aliphatic rings. The van der Waals surface area contributed by atoms with Crippen molar-refractivity contribution in [2.45, 2.75) is 65.2 Å². The van der Waals surface area contributed by atoms with Gasteiger partial charge in [-0.3, -0.25) is 0 Å². The minimum atomic E-state index is 0.326. The third-order valence-corrected chi connectivity index (χ3v) is 4.01. The fourth-order valence-electron chi connectivity index (χ4n) is 3.06. The van der Waals surface area contributed by atoms with Gasteiger partial charge in [0, 0.05) is 12.0 Å². The third-order valence-electron chi connectivity index (χ3n) is 4.01. The molecular weight excluding hydrogens is 230 g/mol. The summed E-state index contributed by atoms with van der Waals surface area (Å²) in [6.07, 6.45) is 6.27. The van der Waals surface area contributed by atoms with Crippen molar-refractivity contribution >= 4 is 0 Å². The summed E-state index contributed by atoms with van der Waals surface area (Å²) in [7, 11) is 0. The normalized spacial score (nSPS) is 11.8. The van der Waals surface area contributed by atoms with Crippen LogP contribution in [-0.2, 0) is 5.41 Å². The topological polar surface area (TPSA) is 12.0 Å². The molecule has 1 aromatic rings. The molecule has 0 spiro atoms. The molecule has 0 unspecified atom stereocenters. The van der Waals surface area contributed by atoms with Crippen LogP contribution in [-0.4, -0.2) is 13.1 Å². The van der Waals surface area contributed by atoms with Gasteiger partial charge in [-0.25, -0.2) is 0 Å². The van der Waals surface area contributed by atoms with Gasteiger partial charge in [0.1, 0.15) is 0 Å². The first-order valence-electron chi connectivity index (χ1n) is 7.96. The second-order valence-electron chi connectivity index (χ2n) is 5.82. The van der Waals surface area contributed by atoms with Gasteiger partial charge in [-0.1, -0.05) is 63.4 Å². The zero-order valence-corrected chi connectivity index (χ0v) is 13.3. The number of hydrogen-bond acceptors (Lipinski definition) is 1. The molecule has 0 saturated heterocycles. The predicted molar refractivity (Wildman–Crippen MR) is 85.8 cm³/mol. The lowest BCUT2D eigenvalue weighted by molar-refractivity contribution is 0.335. The van der Waals surface area contributed by atoms with E-state index in [9.17, 15) is 0 Å². The average molecular weight is 261 g/mol. The summed E-state index contributed by atoms with van der Waals surface area (Å²) < 4.78 is 0. The zero-order valence-electron chi connectivity index (χ0n) is 13.3. The highest BCUT2D eigenvalue weighted by Gasteiger charge is 2.29. The van der Waals surface area contributed by atoms with Crippen LogP contribution in [0, 0.1) is 6.92 Å². The van der Waals surface area contributed by atoms with E-state index in [1.165, 1.54) is 43.2 Å². The summed E-state index contributed by atoms with van der Waals surface area (Å²) in [6.45, 7) is 11.3. The number of aryl methyl sites for hydroxylation is 1. The van der Waals surface area contributed by atoms with Crippen molar-refractivity contribution in [3.05, 3.63) is 35.4 Å². The van der Waals surface area contributed by atoms with Crippen LogP contribution in [0.4, 0.5) is 0 Å². The molecule has 0 aliphatic heterocycles. The molecule has 1 N–H and O–H groups in total. The van der Waals surface area contributed by atoms with E-state index in [0.717, 1.165) is 13.1 Å². The smallest absolute Gasteiger partial charge is 0.00775 e. The van der Waals surface area contributed by atoms with Crippen LogP contribution in [0.25, 0.3) is 0 Å². The minimum absolute atomic E-state index is 0.326.